The number of methoxy groups -OCH3 is 1. The summed E-state index contributed by atoms with van der Waals surface area (Å²) in [5, 5.41) is 18.7. The van der Waals surface area contributed by atoms with Gasteiger partial charge in [0.1, 0.15) is 5.75 Å². The monoisotopic (exact) mass is 277 g/mol. The van der Waals surface area contributed by atoms with Crippen molar-refractivity contribution in [3.8, 4) is 17.5 Å². The maximum Gasteiger partial charge on any atom is 0.333 e. The van der Waals surface area contributed by atoms with Crippen molar-refractivity contribution in [1.29, 1.82) is 0 Å². The minimum absolute atomic E-state index is 0.128. The first-order valence-corrected chi connectivity index (χ1v) is 6.04. The zero-order valence-electron chi connectivity index (χ0n) is 10.9. The number of nitrogens with zero attached hydrogens (tertiary/aromatic N) is 1. The van der Waals surface area contributed by atoms with E-state index in [0.717, 1.165) is 11.3 Å². The maximum atomic E-state index is 11.6. The highest BCUT2D eigenvalue weighted by molar-refractivity contribution is 5.70. The van der Waals surface area contributed by atoms with Gasteiger partial charge in [-0.05, 0) is 24.1 Å². The molecule has 1 aromatic heterocycles. The van der Waals surface area contributed by atoms with Gasteiger partial charge in [-0.15, -0.1) is 4.73 Å². The minimum Gasteiger partial charge on any atom is -0.497 e. The topological polar surface area (TPSA) is 80.9 Å². The summed E-state index contributed by atoms with van der Waals surface area (Å²) < 4.78 is 5.72. The van der Waals surface area contributed by atoms with Gasteiger partial charge in [-0.1, -0.05) is 12.1 Å². The van der Waals surface area contributed by atoms with E-state index in [4.69, 9.17) is 9.57 Å². The van der Waals surface area contributed by atoms with Gasteiger partial charge < -0.3 is 19.8 Å². The zero-order valence-corrected chi connectivity index (χ0v) is 10.9. The molecule has 1 aromatic carbocycles. The molecule has 1 heterocycles. The summed E-state index contributed by atoms with van der Waals surface area (Å²) in [6.45, 7) is 0. The predicted octanol–water partition coefficient (Wildman–Crippen LogP) is 1.50. The highest BCUT2D eigenvalue weighted by Gasteiger charge is 2.12. The first-order chi connectivity index (χ1) is 9.60. The number of ether oxygens (including phenoxy) is 1. The summed E-state index contributed by atoms with van der Waals surface area (Å²) in [5.74, 6) is -0.471. The number of aromatic hydroxyl groups is 2. The van der Waals surface area contributed by atoms with E-state index in [1.807, 2.05) is 24.3 Å². The third-order valence-corrected chi connectivity index (χ3v) is 2.77. The number of carbonyl (C=O) groups excluding carboxylic acids is 1. The summed E-state index contributed by atoms with van der Waals surface area (Å²) in [7, 11) is 1.59. The third-order valence-electron chi connectivity index (χ3n) is 2.77. The van der Waals surface area contributed by atoms with Gasteiger partial charge in [-0.25, -0.2) is 4.79 Å². The Balaban J connectivity index is 1.89. The molecular weight excluding hydrogens is 262 g/mol. The SMILES string of the molecule is COc1ccc(CCC(=O)On2c(O)ccc2O)cc1. The molecule has 0 saturated carbocycles. The second kappa shape index (κ2) is 6.01. The van der Waals surface area contributed by atoms with Crippen molar-refractivity contribution in [2.45, 2.75) is 12.8 Å². The molecule has 6 nitrogen and oxygen atoms in total. The molecule has 0 amide bonds. The number of hydrogen-bond donors (Lipinski definition) is 2. The fourth-order valence-corrected chi connectivity index (χ4v) is 1.68. The second-order valence-corrected chi connectivity index (χ2v) is 4.16. The summed E-state index contributed by atoms with van der Waals surface area (Å²) in [4.78, 5) is 16.5. The van der Waals surface area contributed by atoms with Gasteiger partial charge in [0.2, 0.25) is 11.8 Å². The molecule has 2 aromatic rings. The molecule has 0 unspecified atom stereocenters. The molecule has 0 aliphatic rings. The molecule has 2 rings (SSSR count). The average Bonchev–Trinajstić information content (AvgIpc) is 2.77. The summed E-state index contributed by atoms with van der Waals surface area (Å²) >= 11 is 0. The van der Waals surface area contributed by atoms with Crippen LogP contribution in [0.2, 0.25) is 0 Å². The molecule has 6 heteroatoms. The van der Waals surface area contributed by atoms with Crippen LogP contribution in [0.15, 0.2) is 36.4 Å². The van der Waals surface area contributed by atoms with E-state index in [1.54, 1.807) is 7.11 Å². The molecule has 0 aliphatic carbocycles. The third kappa shape index (κ3) is 3.23. The van der Waals surface area contributed by atoms with Crippen LogP contribution in [0.4, 0.5) is 0 Å². The maximum absolute atomic E-state index is 11.6. The number of carbonyl (C=O) groups is 1. The molecule has 106 valence electrons. The molecule has 2 N–H and O–H groups in total. The van der Waals surface area contributed by atoms with Crippen LogP contribution in [-0.2, 0) is 11.2 Å². The van der Waals surface area contributed by atoms with Gasteiger partial charge in [-0.3, -0.25) is 0 Å². The van der Waals surface area contributed by atoms with Crippen LogP contribution in [-0.4, -0.2) is 28.0 Å². The minimum atomic E-state index is -0.553. The lowest BCUT2D eigenvalue weighted by Crippen LogP contribution is -2.19. The van der Waals surface area contributed by atoms with Crippen molar-refractivity contribution in [1.82, 2.24) is 4.73 Å². The van der Waals surface area contributed by atoms with Crippen molar-refractivity contribution in [3.63, 3.8) is 0 Å². The number of rotatable bonds is 5. The lowest BCUT2D eigenvalue weighted by atomic mass is 10.1. The molecular formula is C14H15NO5. The van der Waals surface area contributed by atoms with Crippen LogP contribution in [0.5, 0.6) is 17.5 Å². The summed E-state index contributed by atoms with van der Waals surface area (Å²) in [6, 6.07) is 9.79. The van der Waals surface area contributed by atoms with Crippen LogP contribution < -0.4 is 9.57 Å². The Hall–Kier alpha value is -2.63. The first-order valence-electron chi connectivity index (χ1n) is 6.04. The predicted molar refractivity (Wildman–Crippen MR) is 70.7 cm³/mol. The summed E-state index contributed by atoms with van der Waals surface area (Å²) in [5.41, 5.74) is 0.962. The van der Waals surface area contributed by atoms with E-state index in [1.165, 1.54) is 12.1 Å². The fraction of sp³-hybridized carbons (Fsp3) is 0.214. The highest BCUT2D eigenvalue weighted by atomic mass is 16.7. The fourth-order valence-electron chi connectivity index (χ4n) is 1.68. The van der Waals surface area contributed by atoms with Crippen LogP contribution in [0.3, 0.4) is 0 Å². The molecule has 0 fully saturated rings. The standard InChI is InChI=1S/C14H15NO5/c1-19-11-5-2-10(3-6-11)4-9-14(18)20-15-12(16)7-8-13(15)17/h2-3,5-8,16-17H,4,9H2,1H3. The van der Waals surface area contributed by atoms with E-state index in [2.05, 4.69) is 0 Å². The van der Waals surface area contributed by atoms with Crippen molar-refractivity contribution in [2.75, 3.05) is 7.11 Å². The van der Waals surface area contributed by atoms with Crippen LogP contribution >= 0.6 is 0 Å². The van der Waals surface area contributed by atoms with Crippen LogP contribution in [0.25, 0.3) is 0 Å². The number of aryl methyl sites for hydroxylation is 1. The van der Waals surface area contributed by atoms with E-state index < -0.39 is 5.97 Å². The Labute approximate surface area is 115 Å². The van der Waals surface area contributed by atoms with Crippen LogP contribution in [0, 0.1) is 0 Å². The van der Waals surface area contributed by atoms with Gasteiger partial charge in [0.15, 0.2) is 0 Å². The molecule has 0 atom stereocenters. The van der Waals surface area contributed by atoms with E-state index in [-0.39, 0.29) is 18.2 Å². The van der Waals surface area contributed by atoms with Crippen molar-refractivity contribution in [3.05, 3.63) is 42.0 Å². The highest BCUT2D eigenvalue weighted by Crippen LogP contribution is 2.19. The smallest absolute Gasteiger partial charge is 0.333 e. The van der Waals surface area contributed by atoms with E-state index >= 15 is 0 Å². The normalized spacial score (nSPS) is 10.2. The van der Waals surface area contributed by atoms with Gasteiger partial charge >= 0.3 is 5.97 Å². The number of benzene rings is 1. The molecule has 0 saturated heterocycles. The zero-order chi connectivity index (χ0) is 14.5. The molecule has 0 aliphatic heterocycles. The molecule has 0 bridgehead atoms. The Kier molecular flexibility index (Phi) is 4.14. The second-order valence-electron chi connectivity index (χ2n) is 4.16. The van der Waals surface area contributed by atoms with Crippen molar-refractivity contribution >= 4 is 5.97 Å². The Bertz CT molecular complexity index is 569. The van der Waals surface area contributed by atoms with Gasteiger partial charge in [0.25, 0.3) is 0 Å². The van der Waals surface area contributed by atoms with Gasteiger partial charge in [-0.2, -0.15) is 0 Å². The van der Waals surface area contributed by atoms with E-state index in [0.29, 0.717) is 11.2 Å². The lowest BCUT2D eigenvalue weighted by molar-refractivity contribution is -0.145. The van der Waals surface area contributed by atoms with Crippen LogP contribution in [0.1, 0.15) is 12.0 Å². The molecule has 20 heavy (non-hydrogen) atoms. The molecule has 0 radical (unpaired) electrons. The van der Waals surface area contributed by atoms with Crippen molar-refractivity contribution < 1.29 is 24.6 Å². The van der Waals surface area contributed by atoms with Gasteiger partial charge in [0, 0.05) is 12.1 Å². The Morgan fingerprint density at radius 2 is 1.70 bits per heavy atom. The van der Waals surface area contributed by atoms with Gasteiger partial charge in [0.05, 0.1) is 13.5 Å². The van der Waals surface area contributed by atoms with Crippen molar-refractivity contribution in [2.24, 2.45) is 0 Å². The molecule has 0 spiro atoms. The largest absolute Gasteiger partial charge is 0.497 e. The number of hydrogen-bond acceptors (Lipinski definition) is 5. The Morgan fingerprint density at radius 1 is 1.10 bits per heavy atom. The van der Waals surface area contributed by atoms with E-state index in [9.17, 15) is 15.0 Å². The Morgan fingerprint density at radius 3 is 2.25 bits per heavy atom. The quantitative estimate of drug-likeness (QED) is 0.865. The first kappa shape index (κ1) is 13.8. The average molecular weight is 277 g/mol. The summed E-state index contributed by atoms with van der Waals surface area (Å²) in [6.07, 6.45) is 0.620. The lowest BCUT2D eigenvalue weighted by Gasteiger charge is -2.07. The number of aromatic nitrogens is 1.